The van der Waals surface area contributed by atoms with Gasteiger partial charge in [0, 0.05) is 41.0 Å². The quantitative estimate of drug-likeness (QED) is 0.707. The molecule has 4 rings (SSSR count). The first-order valence-corrected chi connectivity index (χ1v) is 8.64. The van der Waals surface area contributed by atoms with Gasteiger partial charge in [0.2, 0.25) is 0 Å². The largest absolute Gasteiger partial charge is 0.388 e. The number of hydrogen-bond donors (Lipinski definition) is 2. The molecule has 0 amide bonds. The SMILES string of the molecule is CNc1ccc(-c2ccc3cc(C4=CC=CNC=C4)sc3n2)cc1. The van der Waals surface area contributed by atoms with Crippen LogP contribution in [0.15, 0.2) is 73.1 Å². The molecule has 3 nitrogen and oxygen atoms in total. The molecule has 0 unspecified atom stereocenters. The molecule has 0 aliphatic carbocycles. The number of rotatable bonds is 3. The van der Waals surface area contributed by atoms with Crippen LogP contribution < -0.4 is 10.6 Å². The summed E-state index contributed by atoms with van der Waals surface area (Å²) in [5.41, 5.74) is 4.43. The maximum atomic E-state index is 4.85. The molecule has 0 radical (unpaired) electrons. The van der Waals surface area contributed by atoms with E-state index in [1.807, 2.05) is 25.5 Å². The van der Waals surface area contributed by atoms with Gasteiger partial charge in [0.25, 0.3) is 0 Å². The van der Waals surface area contributed by atoms with Crippen LogP contribution in [0.3, 0.4) is 0 Å². The van der Waals surface area contributed by atoms with Crippen LogP contribution in [-0.4, -0.2) is 12.0 Å². The highest BCUT2D eigenvalue weighted by atomic mass is 32.1. The molecule has 1 aromatic carbocycles. The number of hydrogen-bond acceptors (Lipinski definition) is 4. The molecular formula is C20H17N3S. The topological polar surface area (TPSA) is 37.0 Å². The van der Waals surface area contributed by atoms with E-state index in [9.17, 15) is 0 Å². The lowest BCUT2D eigenvalue weighted by Gasteiger charge is -2.03. The van der Waals surface area contributed by atoms with Crippen molar-refractivity contribution in [1.82, 2.24) is 10.3 Å². The predicted molar refractivity (Wildman–Crippen MR) is 104 cm³/mol. The molecule has 0 saturated heterocycles. The third-order valence-electron chi connectivity index (χ3n) is 3.96. The fraction of sp³-hybridized carbons (Fsp3) is 0.0500. The van der Waals surface area contributed by atoms with E-state index in [1.165, 1.54) is 15.8 Å². The first kappa shape index (κ1) is 14.7. The summed E-state index contributed by atoms with van der Waals surface area (Å²) in [5.74, 6) is 0. The van der Waals surface area contributed by atoms with Gasteiger partial charge in [0.15, 0.2) is 0 Å². The number of thiophene rings is 1. The Kier molecular flexibility index (Phi) is 3.89. The number of aromatic nitrogens is 1. The zero-order valence-electron chi connectivity index (χ0n) is 13.3. The first-order chi connectivity index (χ1) is 11.8. The first-order valence-electron chi connectivity index (χ1n) is 7.82. The van der Waals surface area contributed by atoms with Crippen LogP contribution in [-0.2, 0) is 0 Å². The molecule has 2 N–H and O–H groups in total. The second-order valence-corrected chi connectivity index (χ2v) is 6.54. The number of nitrogens with one attached hydrogen (secondary N) is 2. The lowest BCUT2D eigenvalue weighted by atomic mass is 10.1. The Balaban J connectivity index is 1.72. The van der Waals surface area contributed by atoms with Crippen molar-refractivity contribution in [2.24, 2.45) is 0 Å². The van der Waals surface area contributed by atoms with Gasteiger partial charge < -0.3 is 10.6 Å². The van der Waals surface area contributed by atoms with E-state index < -0.39 is 0 Å². The summed E-state index contributed by atoms with van der Waals surface area (Å²) in [6, 6.07) is 14.8. The molecule has 3 aromatic rings. The molecule has 0 atom stereocenters. The molecule has 0 bridgehead atoms. The molecule has 1 aliphatic rings. The maximum absolute atomic E-state index is 4.85. The van der Waals surface area contributed by atoms with Gasteiger partial charge in [-0.2, -0.15) is 0 Å². The number of benzene rings is 1. The van der Waals surface area contributed by atoms with Crippen molar-refractivity contribution in [3.05, 3.63) is 78.0 Å². The summed E-state index contributed by atoms with van der Waals surface area (Å²) in [6.07, 6.45) is 10.1. The zero-order valence-corrected chi connectivity index (χ0v) is 14.1. The Labute approximate surface area is 145 Å². The lowest BCUT2D eigenvalue weighted by molar-refractivity contribution is 1.20. The monoisotopic (exact) mass is 331 g/mol. The molecule has 2 aromatic heterocycles. The molecule has 118 valence electrons. The van der Waals surface area contributed by atoms with Crippen molar-refractivity contribution in [3.63, 3.8) is 0 Å². The molecule has 1 aliphatic heterocycles. The van der Waals surface area contributed by atoms with E-state index >= 15 is 0 Å². The maximum Gasteiger partial charge on any atom is 0.124 e. The van der Waals surface area contributed by atoms with Gasteiger partial charge in [-0.1, -0.05) is 18.2 Å². The Morgan fingerprint density at radius 1 is 1.04 bits per heavy atom. The van der Waals surface area contributed by atoms with E-state index in [0.717, 1.165) is 21.8 Å². The molecule has 0 saturated carbocycles. The average Bonchev–Trinajstić information content (AvgIpc) is 2.86. The van der Waals surface area contributed by atoms with Crippen molar-refractivity contribution >= 4 is 32.8 Å². The van der Waals surface area contributed by atoms with E-state index in [1.54, 1.807) is 11.3 Å². The minimum absolute atomic E-state index is 1.01. The molecule has 24 heavy (non-hydrogen) atoms. The van der Waals surface area contributed by atoms with Crippen molar-refractivity contribution in [3.8, 4) is 11.3 Å². The summed E-state index contributed by atoms with van der Waals surface area (Å²) < 4.78 is 0. The van der Waals surface area contributed by atoms with Gasteiger partial charge in [0.05, 0.1) is 5.69 Å². The van der Waals surface area contributed by atoms with Gasteiger partial charge in [-0.15, -0.1) is 11.3 Å². The van der Waals surface area contributed by atoms with E-state index in [-0.39, 0.29) is 0 Å². The molecule has 0 spiro atoms. The Morgan fingerprint density at radius 3 is 2.75 bits per heavy atom. The van der Waals surface area contributed by atoms with Crippen molar-refractivity contribution in [1.29, 1.82) is 0 Å². The summed E-state index contributed by atoms with van der Waals surface area (Å²) in [7, 11) is 1.92. The smallest absolute Gasteiger partial charge is 0.124 e. The zero-order chi connectivity index (χ0) is 16.4. The van der Waals surface area contributed by atoms with E-state index in [0.29, 0.717) is 0 Å². The Morgan fingerprint density at radius 2 is 1.92 bits per heavy atom. The average molecular weight is 331 g/mol. The second-order valence-electron chi connectivity index (χ2n) is 5.51. The van der Waals surface area contributed by atoms with Gasteiger partial charge in [0.1, 0.15) is 4.83 Å². The van der Waals surface area contributed by atoms with Crippen LogP contribution in [0.5, 0.6) is 0 Å². The van der Waals surface area contributed by atoms with Crippen molar-refractivity contribution < 1.29 is 0 Å². The predicted octanol–water partition coefficient (Wildman–Crippen LogP) is 5.02. The van der Waals surface area contributed by atoms with Crippen LogP contribution in [0.1, 0.15) is 4.88 Å². The molecule has 4 heteroatoms. The lowest BCUT2D eigenvalue weighted by Crippen LogP contribution is -1.88. The van der Waals surface area contributed by atoms with E-state index in [2.05, 4.69) is 65.3 Å². The molecular weight excluding hydrogens is 314 g/mol. The number of allylic oxidation sites excluding steroid dienone is 4. The number of fused-ring (bicyclic) bond motifs is 1. The molecule has 0 fully saturated rings. The minimum atomic E-state index is 1.01. The standard InChI is InChI=1S/C20H17N3S/c1-21-17-7-4-14(5-8-17)18-9-6-16-13-19(24-20(16)23-18)15-3-2-11-22-12-10-15/h2-13,21-22H,1H3. The fourth-order valence-corrected chi connectivity index (χ4v) is 3.69. The van der Waals surface area contributed by atoms with Gasteiger partial charge in [-0.3, -0.25) is 0 Å². The second kappa shape index (κ2) is 6.34. The Bertz CT molecular complexity index is 962. The van der Waals surface area contributed by atoms with Gasteiger partial charge in [-0.25, -0.2) is 4.98 Å². The van der Waals surface area contributed by atoms with Crippen LogP contribution in [0.4, 0.5) is 5.69 Å². The number of pyridine rings is 1. The van der Waals surface area contributed by atoms with Crippen LogP contribution in [0.2, 0.25) is 0 Å². The number of anilines is 1. The summed E-state index contributed by atoms with van der Waals surface area (Å²) in [5, 5.41) is 7.41. The summed E-state index contributed by atoms with van der Waals surface area (Å²) >= 11 is 1.72. The molecule has 3 heterocycles. The van der Waals surface area contributed by atoms with Crippen LogP contribution in [0.25, 0.3) is 27.0 Å². The third-order valence-corrected chi connectivity index (χ3v) is 5.06. The highest BCUT2D eigenvalue weighted by molar-refractivity contribution is 7.19. The fourth-order valence-electron chi connectivity index (χ4n) is 2.65. The summed E-state index contributed by atoms with van der Waals surface area (Å²) in [4.78, 5) is 7.15. The number of nitrogens with zero attached hydrogens (tertiary/aromatic N) is 1. The normalized spacial score (nSPS) is 13.5. The highest BCUT2D eigenvalue weighted by Crippen LogP contribution is 2.32. The highest BCUT2D eigenvalue weighted by Gasteiger charge is 2.08. The van der Waals surface area contributed by atoms with Gasteiger partial charge in [-0.05, 0) is 48.1 Å². The van der Waals surface area contributed by atoms with Crippen LogP contribution in [0, 0.1) is 0 Å². The van der Waals surface area contributed by atoms with Crippen molar-refractivity contribution in [2.75, 3.05) is 12.4 Å². The minimum Gasteiger partial charge on any atom is -0.388 e. The third kappa shape index (κ3) is 2.84. The Hall–Kier alpha value is -2.85. The summed E-state index contributed by atoms with van der Waals surface area (Å²) in [6.45, 7) is 0. The van der Waals surface area contributed by atoms with Crippen LogP contribution >= 0.6 is 11.3 Å². The van der Waals surface area contributed by atoms with Crippen molar-refractivity contribution in [2.45, 2.75) is 0 Å². The van der Waals surface area contributed by atoms with Gasteiger partial charge >= 0.3 is 0 Å². The van der Waals surface area contributed by atoms with E-state index in [4.69, 9.17) is 4.98 Å².